The highest BCUT2D eigenvalue weighted by Gasteiger charge is 2.49. The van der Waals surface area contributed by atoms with Crippen molar-refractivity contribution in [3.63, 3.8) is 0 Å². The molecule has 5 rings (SSSR count). The minimum Gasteiger partial charge on any atom is -0.0838 e. The predicted octanol–water partition coefficient (Wildman–Crippen LogP) is 6.96. The van der Waals surface area contributed by atoms with Crippen molar-refractivity contribution in [2.45, 2.75) is 23.6 Å². The summed E-state index contributed by atoms with van der Waals surface area (Å²) in [5, 5.41) is 0. The van der Waals surface area contributed by atoms with Crippen molar-refractivity contribution in [1.29, 1.82) is 0 Å². The van der Waals surface area contributed by atoms with Gasteiger partial charge in [-0.2, -0.15) is 0 Å². The van der Waals surface area contributed by atoms with Gasteiger partial charge < -0.3 is 0 Å². The molecule has 2 aliphatic rings. The number of allylic oxidation sites excluding steroid dienone is 4. The molecule has 0 aromatic heterocycles. The Kier molecular flexibility index (Phi) is 3.94. The van der Waals surface area contributed by atoms with Crippen LogP contribution in [0.5, 0.6) is 0 Å². The van der Waals surface area contributed by atoms with Gasteiger partial charge in [-0.3, -0.25) is 0 Å². The predicted molar refractivity (Wildman–Crippen MR) is 117 cm³/mol. The molecule has 132 valence electrons. The van der Waals surface area contributed by atoms with Gasteiger partial charge in [0.25, 0.3) is 0 Å². The molecule has 0 spiro atoms. The number of benzene rings is 3. The lowest BCUT2D eigenvalue weighted by atomic mass is 9.64. The molecule has 2 aliphatic carbocycles. The van der Waals surface area contributed by atoms with Crippen LogP contribution in [0.4, 0.5) is 0 Å². The van der Waals surface area contributed by atoms with Crippen LogP contribution in [0.2, 0.25) is 0 Å². The van der Waals surface area contributed by atoms with E-state index in [0.717, 1.165) is 6.42 Å². The summed E-state index contributed by atoms with van der Waals surface area (Å²) in [6.45, 7) is 2.24. The van der Waals surface area contributed by atoms with E-state index in [9.17, 15) is 0 Å². The van der Waals surface area contributed by atoms with E-state index in [1.54, 1.807) is 0 Å². The molecule has 1 atom stereocenters. The molecule has 0 nitrogen and oxygen atoms in total. The zero-order valence-corrected chi connectivity index (χ0v) is 16.9. The van der Waals surface area contributed by atoms with E-state index in [2.05, 4.69) is 114 Å². The van der Waals surface area contributed by atoms with Crippen LogP contribution in [0.3, 0.4) is 0 Å². The fourth-order valence-corrected chi connectivity index (χ4v) is 5.66. The first-order valence-corrected chi connectivity index (χ1v) is 10.4. The summed E-state index contributed by atoms with van der Waals surface area (Å²) in [5.41, 5.74) is 9.39. The third-order valence-electron chi connectivity index (χ3n) is 6.03. The Labute approximate surface area is 169 Å². The van der Waals surface area contributed by atoms with Gasteiger partial charge >= 0.3 is 0 Å². The van der Waals surface area contributed by atoms with Gasteiger partial charge in [-0.25, -0.2) is 0 Å². The van der Waals surface area contributed by atoms with Crippen LogP contribution in [0.1, 0.15) is 28.7 Å². The second-order valence-electron chi connectivity index (χ2n) is 7.41. The molecule has 0 fully saturated rings. The lowest BCUT2D eigenvalue weighted by molar-refractivity contribution is 0.699. The summed E-state index contributed by atoms with van der Waals surface area (Å²) < 4.78 is 0. The van der Waals surface area contributed by atoms with E-state index >= 15 is 0 Å². The zero-order chi connectivity index (χ0) is 18.4. The molecule has 3 aromatic rings. The molecule has 0 N–H and O–H groups in total. The van der Waals surface area contributed by atoms with Crippen LogP contribution >= 0.6 is 15.9 Å². The smallest absolute Gasteiger partial charge is 0.0690 e. The molecule has 1 heteroatoms. The lowest BCUT2D eigenvalue weighted by Crippen LogP contribution is -2.34. The summed E-state index contributed by atoms with van der Waals surface area (Å²) in [4.78, 5) is 0.321. The SMILES string of the molecule is Cc1ccccc1C1(C2=CC=CCC2Br)c2ccccc2-c2ccccc21. The lowest BCUT2D eigenvalue weighted by Gasteiger charge is -2.39. The first-order chi connectivity index (χ1) is 13.2. The Bertz CT molecular complexity index is 1040. The number of halogens is 1. The van der Waals surface area contributed by atoms with E-state index in [1.807, 2.05) is 0 Å². The average molecular weight is 413 g/mol. The molecule has 1 unspecified atom stereocenters. The number of alkyl halides is 1. The molecule has 0 saturated heterocycles. The molecular weight excluding hydrogens is 392 g/mol. The van der Waals surface area contributed by atoms with Gasteiger partial charge in [0, 0.05) is 4.83 Å². The van der Waals surface area contributed by atoms with Crippen molar-refractivity contribution in [2.24, 2.45) is 0 Å². The largest absolute Gasteiger partial charge is 0.0838 e. The summed E-state index contributed by atoms with van der Waals surface area (Å²) in [6.07, 6.45) is 7.82. The maximum Gasteiger partial charge on any atom is 0.0690 e. The standard InChI is InChI=1S/C26H21Br/c1-18-10-2-5-13-21(18)26(24-16-8-9-17-25(24)27)22-14-6-3-11-19(22)20-12-4-7-15-23(20)26/h2-16,25H,17H2,1H3. The van der Waals surface area contributed by atoms with Crippen molar-refractivity contribution < 1.29 is 0 Å². The number of aryl methyl sites for hydroxylation is 1. The molecule has 0 amide bonds. The topological polar surface area (TPSA) is 0 Å². The molecule has 0 radical (unpaired) electrons. The molecule has 0 aliphatic heterocycles. The minimum absolute atomic E-state index is 0.253. The second-order valence-corrected chi connectivity index (χ2v) is 8.51. The third kappa shape index (κ3) is 2.28. The van der Waals surface area contributed by atoms with Crippen molar-refractivity contribution in [3.8, 4) is 11.1 Å². The van der Waals surface area contributed by atoms with Crippen LogP contribution in [0.25, 0.3) is 11.1 Å². The van der Waals surface area contributed by atoms with Crippen molar-refractivity contribution in [2.75, 3.05) is 0 Å². The molecule has 27 heavy (non-hydrogen) atoms. The third-order valence-corrected chi connectivity index (χ3v) is 6.89. The van der Waals surface area contributed by atoms with E-state index in [4.69, 9.17) is 0 Å². The van der Waals surface area contributed by atoms with Crippen molar-refractivity contribution >= 4 is 15.9 Å². The van der Waals surface area contributed by atoms with Gasteiger partial charge in [0.15, 0.2) is 0 Å². The molecular formula is C26H21Br. The molecule has 0 saturated carbocycles. The number of hydrogen-bond donors (Lipinski definition) is 0. The van der Waals surface area contributed by atoms with Crippen molar-refractivity contribution in [1.82, 2.24) is 0 Å². The van der Waals surface area contributed by atoms with E-state index in [0.29, 0.717) is 4.83 Å². The van der Waals surface area contributed by atoms with E-state index in [-0.39, 0.29) is 5.41 Å². The Balaban J connectivity index is 1.98. The summed E-state index contributed by atoms with van der Waals surface area (Å²) in [7, 11) is 0. The highest BCUT2D eigenvalue weighted by atomic mass is 79.9. The van der Waals surface area contributed by atoms with Gasteiger partial charge in [0.1, 0.15) is 0 Å². The van der Waals surface area contributed by atoms with Gasteiger partial charge in [-0.05, 0) is 52.3 Å². The monoisotopic (exact) mass is 412 g/mol. The molecule has 0 bridgehead atoms. The maximum atomic E-state index is 4.01. The van der Waals surface area contributed by atoms with Crippen LogP contribution in [-0.2, 0) is 5.41 Å². The zero-order valence-electron chi connectivity index (χ0n) is 15.3. The summed E-state index contributed by atoms with van der Waals surface area (Å²) in [5.74, 6) is 0. The maximum absolute atomic E-state index is 4.01. The Hall–Kier alpha value is -2.38. The quantitative estimate of drug-likeness (QED) is 0.399. The summed E-state index contributed by atoms with van der Waals surface area (Å²) in [6, 6.07) is 26.7. The summed E-state index contributed by atoms with van der Waals surface area (Å²) >= 11 is 4.01. The van der Waals surface area contributed by atoms with Crippen LogP contribution in [-0.4, -0.2) is 4.83 Å². The second kappa shape index (κ2) is 6.35. The van der Waals surface area contributed by atoms with Gasteiger partial charge in [0.2, 0.25) is 0 Å². The minimum atomic E-state index is -0.253. The Morgan fingerprint density at radius 2 is 1.33 bits per heavy atom. The van der Waals surface area contributed by atoms with Gasteiger partial charge in [0.05, 0.1) is 5.41 Å². The number of hydrogen-bond acceptors (Lipinski definition) is 0. The van der Waals surface area contributed by atoms with Crippen LogP contribution in [0.15, 0.2) is 96.6 Å². The Morgan fingerprint density at radius 3 is 1.93 bits per heavy atom. The van der Waals surface area contributed by atoms with Gasteiger partial charge in [-0.15, -0.1) is 0 Å². The highest BCUT2D eigenvalue weighted by molar-refractivity contribution is 9.09. The molecule has 3 aromatic carbocycles. The fraction of sp³-hybridized carbons (Fsp3) is 0.154. The van der Waals surface area contributed by atoms with Gasteiger partial charge in [-0.1, -0.05) is 107 Å². The van der Waals surface area contributed by atoms with E-state index in [1.165, 1.54) is 39.0 Å². The fourth-order valence-electron chi connectivity index (χ4n) is 4.95. The molecule has 0 heterocycles. The number of fused-ring (bicyclic) bond motifs is 3. The van der Waals surface area contributed by atoms with E-state index < -0.39 is 0 Å². The normalized spacial score (nSPS) is 19.3. The first-order valence-electron chi connectivity index (χ1n) is 9.51. The Morgan fingerprint density at radius 1 is 0.778 bits per heavy atom. The van der Waals surface area contributed by atoms with Crippen LogP contribution in [0, 0.1) is 6.92 Å². The van der Waals surface area contributed by atoms with Crippen LogP contribution < -0.4 is 0 Å². The average Bonchev–Trinajstić information content (AvgIpc) is 3.00. The van der Waals surface area contributed by atoms with Crippen molar-refractivity contribution in [3.05, 3.63) is 119 Å². The first kappa shape index (κ1) is 16.8. The highest BCUT2D eigenvalue weighted by Crippen LogP contribution is 2.58. The number of rotatable bonds is 2.